The van der Waals surface area contributed by atoms with E-state index in [1.165, 1.54) is 0 Å². The third kappa shape index (κ3) is 1.21. The van der Waals surface area contributed by atoms with Crippen molar-refractivity contribution in [2.24, 2.45) is 28.1 Å². The van der Waals surface area contributed by atoms with Gasteiger partial charge >= 0.3 is 0 Å². The standard InChI is InChI=1S/C15H26O3/c1-13(2)9-4-6-14(3)10(17)5-7-15(14,8-16)12(18)11(9)13/h9-12,16-18H,4-8H2,1-3H3/t9-,10+,11-,12+,14-,15+/m1/s1. The molecule has 0 aromatic carbocycles. The molecular weight excluding hydrogens is 228 g/mol. The molecule has 3 fully saturated rings. The first-order valence-electron chi connectivity index (χ1n) is 7.28. The Kier molecular flexibility index (Phi) is 2.51. The molecular formula is C15H26O3. The molecule has 3 heteroatoms. The molecule has 6 atom stereocenters. The minimum Gasteiger partial charge on any atom is -0.396 e. The maximum atomic E-state index is 10.9. The highest BCUT2D eigenvalue weighted by Gasteiger charge is 2.71. The number of aliphatic hydroxyl groups is 3. The van der Waals surface area contributed by atoms with Crippen molar-refractivity contribution in [3.8, 4) is 0 Å². The Hall–Kier alpha value is -0.120. The first-order valence-corrected chi connectivity index (χ1v) is 7.28. The van der Waals surface area contributed by atoms with Crippen LogP contribution in [0.1, 0.15) is 46.5 Å². The number of fused-ring (bicyclic) bond motifs is 2. The van der Waals surface area contributed by atoms with Crippen molar-refractivity contribution >= 4 is 0 Å². The van der Waals surface area contributed by atoms with Crippen LogP contribution in [0.25, 0.3) is 0 Å². The molecule has 0 aromatic heterocycles. The van der Waals surface area contributed by atoms with Crippen LogP contribution >= 0.6 is 0 Å². The summed E-state index contributed by atoms with van der Waals surface area (Å²) in [6, 6.07) is 0. The van der Waals surface area contributed by atoms with Crippen molar-refractivity contribution in [3.63, 3.8) is 0 Å². The number of hydrogen-bond acceptors (Lipinski definition) is 3. The van der Waals surface area contributed by atoms with Crippen LogP contribution in [0.4, 0.5) is 0 Å². The van der Waals surface area contributed by atoms with Gasteiger partial charge in [0.2, 0.25) is 0 Å². The van der Waals surface area contributed by atoms with Gasteiger partial charge in [0.15, 0.2) is 0 Å². The van der Waals surface area contributed by atoms with Crippen molar-refractivity contribution in [1.29, 1.82) is 0 Å². The zero-order chi connectivity index (χ0) is 13.3. The smallest absolute Gasteiger partial charge is 0.0660 e. The molecule has 0 spiro atoms. The highest BCUT2D eigenvalue weighted by molar-refractivity contribution is 5.20. The van der Waals surface area contributed by atoms with Crippen LogP contribution in [-0.4, -0.2) is 34.1 Å². The molecule has 3 aliphatic carbocycles. The molecule has 0 radical (unpaired) electrons. The largest absolute Gasteiger partial charge is 0.396 e. The molecule has 0 aromatic rings. The summed E-state index contributed by atoms with van der Waals surface area (Å²) in [6.45, 7) is 6.53. The van der Waals surface area contributed by atoms with E-state index >= 15 is 0 Å². The topological polar surface area (TPSA) is 60.7 Å². The first-order chi connectivity index (χ1) is 8.31. The summed E-state index contributed by atoms with van der Waals surface area (Å²) < 4.78 is 0. The van der Waals surface area contributed by atoms with E-state index in [-0.39, 0.29) is 23.5 Å². The summed E-state index contributed by atoms with van der Waals surface area (Å²) in [5, 5.41) is 31.2. The van der Waals surface area contributed by atoms with Crippen LogP contribution in [0, 0.1) is 28.1 Å². The maximum Gasteiger partial charge on any atom is 0.0660 e. The van der Waals surface area contributed by atoms with Crippen LogP contribution in [0.3, 0.4) is 0 Å². The molecule has 18 heavy (non-hydrogen) atoms. The Bertz CT molecular complexity index is 367. The zero-order valence-electron chi connectivity index (χ0n) is 11.7. The zero-order valence-corrected chi connectivity index (χ0v) is 11.7. The molecule has 3 nitrogen and oxygen atoms in total. The number of hydrogen-bond donors (Lipinski definition) is 3. The second-order valence-corrected chi connectivity index (χ2v) is 7.72. The molecule has 3 aliphatic rings. The SMILES string of the molecule is CC1(C)[C@@H]2[C@H]1CC[C@]1(C)[C@@H](O)CC[C@]1(CO)[C@H]2O. The van der Waals surface area contributed by atoms with E-state index < -0.39 is 11.5 Å². The average Bonchev–Trinajstić information content (AvgIpc) is 2.80. The lowest BCUT2D eigenvalue weighted by atomic mass is 9.60. The van der Waals surface area contributed by atoms with Crippen molar-refractivity contribution < 1.29 is 15.3 Å². The molecule has 0 amide bonds. The van der Waals surface area contributed by atoms with Crippen molar-refractivity contribution in [1.82, 2.24) is 0 Å². The van der Waals surface area contributed by atoms with Crippen LogP contribution in [0.5, 0.6) is 0 Å². The summed E-state index contributed by atoms with van der Waals surface area (Å²) in [7, 11) is 0. The minimum absolute atomic E-state index is 0.00102. The van der Waals surface area contributed by atoms with Gasteiger partial charge in [0.25, 0.3) is 0 Å². The molecule has 0 saturated heterocycles. The Morgan fingerprint density at radius 2 is 1.72 bits per heavy atom. The lowest BCUT2D eigenvalue weighted by Crippen LogP contribution is -2.51. The Balaban J connectivity index is 2.02. The Morgan fingerprint density at radius 1 is 1.06 bits per heavy atom. The van der Waals surface area contributed by atoms with Gasteiger partial charge in [-0.2, -0.15) is 0 Å². The molecule has 3 rings (SSSR count). The minimum atomic E-state index is -0.487. The fourth-order valence-corrected chi connectivity index (χ4v) is 5.35. The van der Waals surface area contributed by atoms with E-state index in [9.17, 15) is 15.3 Å². The third-order valence-corrected chi connectivity index (χ3v) is 7.04. The van der Waals surface area contributed by atoms with Crippen molar-refractivity contribution in [2.45, 2.75) is 58.7 Å². The fraction of sp³-hybridized carbons (Fsp3) is 1.00. The van der Waals surface area contributed by atoms with Gasteiger partial charge in [-0.3, -0.25) is 0 Å². The van der Waals surface area contributed by atoms with Crippen molar-refractivity contribution in [2.75, 3.05) is 6.61 Å². The molecule has 3 saturated carbocycles. The van der Waals surface area contributed by atoms with Gasteiger partial charge in [-0.05, 0) is 42.9 Å². The average molecular weight is 254 g/mol. The second kappa shape index (κ2) is 3.50. The third-order valence-electron chi connectivity index (χ3n) is 7.04. The number of aliphatic hydroxyl groups excluding tert-OH is 3. The second-order valence-electron chi connectivity index (χ2n) is 7.72. The fourth-order valence-electron chi connectivity index (χ4n) is 5.35. The van der Waals surface area contributed by atoms with Gasteiger partial charge in [-0.25, -0.2) is 0 Å². The highest BCUT2D eigenvalue weighted by atomic mass is 16.3. The van der Waals surface area contributed by atoms with Crippen LogP contribution < -0.4 is 0 Å². The van der Waals surface area contributed by atoms with E-state index in [0.29, 0.717) is 18.3 Å². The molecule has 0 bridgehead atoms. The molecule has 3 N–H and O–H groups in total. The van der Waals surface area contributed by atoms with Gasteiger partial charge in [0, 0.05) is 10.8 Å². The van der Waals surface area contributed by atoms with Gasteiger partial charge in [0.1, 0.15) is 0 Å². The maximum absolute atomic E-state index is 10.9. The van der Waals surface area contributed by atoms with E-state index in [4.69, 9.17) is 0 Å². The van der Waals surface area contributed by atoms with Crippen LogP contribution in [0.2, 0.25) is 0 Å². The van der Waals surface area contributed by atoms with E-state index in [1.807, 2.05) is 0 Å². The summed E-state index contributed by atoms with van der Waals surface area (Å²) in [6.07, 6.45) is 2.63. The van der Waals surface area contributed by atoms with Crippen LogP contribution in [-0.2, 0) is 0 Å². The predicted molar refractivity (Wildman–Crippen MR) is 68.9 cm³/mol. The van der Waals surface area contributed by atoms with Crippen molar-refractivity contribution in [3.05, 3.63) is 0 Å². The summed E-state index contributed by atoms with van der Waals surface area (Å²) in [5.41, 5.74) is -0.596. The van der Waals surface area contributed by atoms with Gasteiger partial charge in [-0.15, -0.1) is 0 Å². The first kappa shape index (κ1) is 12.9. The summed E-state index contributed by atoms with van der Waals surface area (Å²) in [5.74, 6) is 0.863. The normalized spacial score (nSPS) is 57.7. The Morgan fingerprint density at radius 3 is 2.33 bits per heavy atom. The Labute approximate surface area is 109 Å². The predicted octanol–water partition coefficient (Wildman–Crippen LogP) is 1.55. The summed E-state index contributed by atoms with van der Waals surface area (Å²) >= 11 is 0. The van der Waals surface area contributed by atoms with Gasteiger partial charge in [0.05, 0.1) is 18.8 Å². The monoisotopic (exact) mass is 254 g/mol. The lowest BCUT2D eigenvalue weighted by Gasteiger charge is -2.47. The van der Waals surface area contributed by atoms with E-state index in [1.54, 1.807) is 0 Å². The lowest BCUT2D eigenvalue weighted by molar-refractivity contribution is -0.122. The summed E-state index contributed by atoms with van der Waals surface area (Å²) in [4.78, 5) is 0. The van der Waals surface area contributed by atoms with Gasteiger partial charge < -0.3 is 15.3 Å². The molecule has 0 heterocycles. The van der Waals surface area contributed by atoms with E-state index in [2.05, 4.69) is 20.8 Å². The van der Waals surface area contributed by atoms with Gasteiger partial charge in [-0.1, -0.05) is 20.8 Å². The van der Waals surface area contributed by atoms with E-state index in [0.717, 1.165) is 19.3 Å². The molecule has 0 aliphatic heterocycles. The highest BCUT2D eigenvalue weighted by Crippen LogP contribution is 2.72. The molecule has 0 unspecified atom stereocenters. The quantitative estimate of drug-likeness (QED) is 0.665. The number of rotatable bonds is 1. The molecule has 104 valence electrons. The van der Waals surface area contributed by atoms with Crippen LogP contribution in [0.15, 0.2) is 0 Å².